The molecule has 3 heterocycles. The molecule has 152 valence electrons. The number of amides is 2. The number of aromatic nitrogens is 3. The van der Waals surface area contributed by atoms with Gasteiger partial charge in [0.05, 0.1) is 22.4 Å². The molecule has 0 bridgehead atoms. The van der Waals surface area contributed by atoms with E-state index < -0.39 is 17.4 Å². The molecular formula is C22H15N5O4. The number of rotatable bonds is 3. The third-order valence-corrected chi connectivity index (χ3v) is 5.14. The Hall–Kier alpha value is -4.53. The zero-order valence-electron chi connectivity index (χ0n) is 16.2. The van der Waals surface area contributed by atoms with Gasteiger partial charge in [0.1, 0.15) is 5.82 Å². The molecule has 2 aromatic carbocycles. The molecule has 2 amide bonds. The zero-order valence-corrected chi connectivity index (χ0v) is 16.2. The number of fused-ring (bicyclic) bond motifs is 1. The summed E-state index contributed by atoms with van der Waals surface area (Å²) in [7, 11) is 0. The van der Waals surface area contributed by atoms with E-state index in [-0.39, 0.29) is 22.8 Å². The fraction of sp³-hybridized carbons (Fsp3) is 0.0455. The lowest BCUT2D eigenvalue weighted by Gasteiger charge is -2.14. The van der Waals surface area contributed by atoms with Crippen LogP contribution in [0.25, 0.3) is 28.5 Å². The number of pyridine rings is 1. The van der Waals surface area contributed by atoms with Crippen LogP contribution in [0.15, 0.2) is 63.9 Å². The second-order valence-electron chi connectivity index (χ2n) is 7.03. The van der Waals surface area contributed by atoms with Crippen LogP contribution in [0.4, 0.5) is 5.82 Å². The molecule has 4 aromatic rings. The van der Waals surface area contributed by atoms with Crippen molar-refractivity contribution >= 4 is 17.6 Å². The number of nitrogens with zero attached hydrogens (tertiary/aromatic N) is 3. The van der Waals surface area contributed by atoms with E-state index in [1.54, 1.807) is 24.3 Å². The second kappa shape index (κ2) is 6.77. The summed E-state index contributed by atoms with van der Waals surface area (Å²) in [6.07, 6.45) is 0. The fourth-order valence-electron chi connectivity index (χ4n) is 3.64. The third-order valence-electron chi connectivity index (χ3n) is 5.14. The van der Waals surface area contributed by atoms with Crippen LogP contribution < -0.4 is 16.6 Å². The zero-order chi connectivity index (χ0) is 21.7. The Morgan fingerprint density at radius 2 is 1.65 bits per heavy atom. The topological polar surface area (TPSA) is 133 Å². The van der Waals surface area contributed by atoms with Gasteiger partial charge in [0.2, 0.25) is 5.82 Å². The number of anilines is 1. The van der Waals surface area contributed by atoms with Crippen molar-refractivity contribution in [3.8, 4) is 28.5 Å². The molecule has 0 fully saturated rings. The Labute approximate surface area is 175 Å². The van der Waals surface area contributed by atoms with Crippen molar-refractivity contribution in [3.63, 3.8) is 0 Å². The van der Waals surface area contributed by atoms with E-state index in [1.165, 1.54) is 0 Å². The van der Waals surface area contributed by atoms with Gasteiger partial charge in [-0.05, 0) is 24.6 Å². The van der Waals surface area contributed by atoms with Crippen LogP contribution >= 0.6 is 0 Å². The fourth-order valence-corrected chi connectivity index (χ4v) is 3.64. The highest BCUT2D eigenvalue weighted by molar-refractivity contribution is 6.23. The molecule has 9 nitrogen and oxygen atoms in total. The number of nitrogen functional groups attached to an aromatic ring is 1. The molecule has 1 aliphatic rings. The van der Waals surface area contributed by atoms with Gasteiger partial charge in [0, 0.05) is 11.6 Å². The lowest BCUT2D eigenvalue weighted by molar-refractivity contribution is 0.0880. The number of aryl methyl sites for hydroxylation is 1. The van der Waals surface area contributed by atoms with Gasteiger partial charge in [-0.3, -0.25) is 24.3 Å². The van der Waals surface area contributed by atoms with Crippen LogP contribution in [-0.2, 0) is 0 Å². The Morgan fingerprint density at radius 3 is 2.42 bits per heavy atom. The van der Waals surface area contributed by atoms with Gasteiger partial charge >= 0.3 is 0 Å². The maximum Gasteiger partial charge on any atom is 0.262 e. The van der Waals surface area contributed by atoms with E-state index in [1.807, 2.05) is 31.2 Å². The van der Waals surface area contributed by atoms with Crippen molar-refractivity contribution in [1.29, 1.82) is 0 Å². The second-order valence-corrected chi connectivity index (χ2v) is 7.03. The number of nitrogens with two attached hydrogens (primary N) is 1. The summed E-state index contributed by atoms with van der Waals surface area (Å²) in [4.78, 5) is 41.4. The van der Waals surface area contributed by atoms with E-state index in [0.29, 0.717) is 17.1 Å². The highest BCUT2D eigenvalue weighted by atomic mass is 16.5. The number of para-hydroxylation sites is 1. The minimum atomic E-state index is -0.650. The van der Waals surface area contributed by atoms with Gasteiger partial charge < -0.3 is 10.3 Å². The molecule has 0 radical (unpaired) electrons. The third kappa shape index (κ3) is 2.83. The maximum absolute atomic E-state index is 12.8. The summed E-state index contributed by atoms with van der Waals surface area (Å²) in [5, 5.41) is 6.22. The monoisotopic (exact) mass is 413 g/mol. The van der Waals surface area contributed by atoms with Crippen molar-refractivity contribution in [1.82, 2.24) is 20.0 Å². The molecule has 5 rings (SSSR count). The molecule has 0 saturated carbocycles. The number of hydrogen-bond acceptors (Lipinski definition) is 7. The van der Waals surface area contributed by atoms with Crippen LogP contribution in [0.5, 0.6) is 0 Å². The summed E-state index contributed by atoms with van der Waals surface area (Å²) in [5.41, 5.74) is 8.13. The van der Waals surface area contributed by atoms with Crippen molar-refractivity contribution < 1.29 is 14.1 Å². The number of nitrogens with one attached hydrogen (secondary N) is 1. The first-order chi connectivity index (χ1) is 15.0. The Balaban J connectivity index is 1.69. The molecule has 0 spiro atoms. The van der Waals surface area contributed by atoms with Crippen LogP contribution in [0.3, 0.4) is 0 Å². The van der Waals surface area contributed by atoms with E-state index >= 15 is 0 Å². The average molecular weight is 413 g/mol. The Morgan fingerprint density at radius 1 is 0.935 bits per heavy atom. The van der Waals surface area contributed by atoms with Crippen molar-refractivity contribution in [2.75, 3.05) is 5.73 Å². The summed E-state index contributed by atoms with van der Waals surface area (Å²) in [5.74, 6) is -0.854. The first-order valence-electron chi connectivity index (χ1n) is 9.36. The van der Waals surface area contributed by atoms with Gasteiger partial charge in [0.25, 0.3) is 23.3 Å². The highest BCUT2D eigenvalue weighted by Crippen LogP contribution is 2.30. The van der Waals surface area contributed by atoms with Gasteiger partial charge in [0.15, 0.2) is 0 Å². The van der Waals surface area contributed by atoms with Crippen LogP contribution in [0.2, 0.25) is 0 Å². The van der Waals surface area contributed by atoms with E-state index in [2.05, 4.69) is 15.5 Å². The molecule has 0 atom stereocenters. The lowest BCUT2D eigenvalue weighted by atomic mass is 10.1. The Kier molecular flexibility index (Phi) is 4.04. The average Bonchev–Trinajstić information content (AvgIpc) is 3.34. The summed E-state index contributed by atoms with van der Waals surface area (Å²) >= 11 is 0. The predicted octanol–water partition coefficient (Wildman–Crippen LogP) is 2.33. The minimum absolute atomic E-state index is 0.0365. The van der Waals surface area contributed by atoms with Gasteiger partial charge in [-0.1, -0.05) is 41.6 Å². The number of carbonyl (C=O) groups excluding carboxylic acids is 2. The number of hydrogen-bond donors (Lipinski definition) is 2. The molecule has 0 unspecified atom stereocenters. The van der Waals surface area contributed by atoms with Gasteiger partial charge in [-0.2, -0.15) is 4.98 Å². The van der Waals surface area contributed by atoms with Gasteiger partial charge in [-0.25, -0.2) is 0 Å². The van der Waals surface area contributed by atoms with Crippen LogP contribution in [0, 0.1) is 6.92 Å². The quantitative estimate of drug-likeness (QED) is 0.492. The summed E-state index contributed by atoms with van der Waals surface area (Å²) in [6, 6.07) is 15.5. The number of carbonyl (C=O) groups is 2. The van der Waals surface area contributed by atoms with E-state index in [9.17, 15) is 14.4 Å². The van der Waals surface area contributed by atoms with Crippen LogP contribution in [-0.4, -0.2) is 26.5 Å². The van der Waals surface area contributed by atoms with Crippen molar-refractivity contribution in [2.24, 2.45) is 0 Å². The maximum atomic E-state index is 12.8. The van der Waals surface area contributed by atoms with E-state index in [4.69, 9.17) is 10.3 Å². The molecule has 0 saturated heterocycles. The minimum Gasteiger partial charge on any atom is -0.384 e. The molecule has 1 aliphatic heterocycles. The molecule has 9 heteroatoms. The van der Waals surface area contributed by atoms with Crippen molar-refractivity contribution in [3.05, 3.63) is 81.6 Å². The number of benzene rings is 2. The van der Waals surface area contributed by atoms with Crippen molar-refractivity contribution in [2.45, 2.75) is 6.92 Å². The molecule has 3 N–H and O–H groups in total. The van der Waals surface area contributed by atoms with Crippen LogP contribution in [0.1, 0.15) is 26.3 Å². The largest absolute Gasteiger partial charge is 0.384 e. The normalized spacial score (nSPS) is 12.7. The lowest BCUT2D eigenvalue weighted by Crippen LogP contribution is -2.24. The molecular weight excluding hydrogens is 398 g/mol. The SMILES string of the molecule is Cc1ccccc1-c1noc(-c2ccccc2-n2c(N)c3c(cc2=O)C(=O)NC3=O)n1. The Bertz CT molecular complexity index is 1450. The summed E-state index contributed by atoms with van der Waals surface area (Å²) in [6.45, 7) is 1.94. The molecule has 0 aliphatic carbocycles. The highest BCUT2D eigenvalue weighted by Gasteiger charge is 2.32. The van der Waals surface area contributed by atoms with Gasteiger partial charge in [-0.15, -0.1) is 0 Å². The first kappa shape index (κ1) is 18.5. The predicted molar refractivity (Wildman–Crippen MR) is 112 cm³/mol. The van der Waals surface area contributed by atoms with E-state index in [0.717, 1.165) is 21.8 Å². The summed E-state index contributed by atoms with van der Waals surface area (Å²) < 4.78 is 6.64. The molecule has 2 aromatic heterocycles. The first-order valence-corrected chi connectivity index (χ1v) is 9.36. The number of imide groups is 1. The standard InChI is InChI=1S/C22H15N5O4/c1-11-6-2-3-7-12(11)19-24-22(31-26-19)13-8-4-5-9-15(13)27-16(28)10-14-17(18(27)23)21(30)25-20(14)29/h2-10H,23H2,1H3,(H,25,29,30). The molecule has 31 heavy (non-hydrogen) atoms. The smallest absolute Gasteiger partial charge is 0.262 e.